The second kappa shape index (κ2) is 6.12. The summed E-state index contributed by atoms with van der Waals surface area (Å²) in [6.07, 6.45) is 4.21. The molecule has 0 radical (unpaired) electrons. The predicted molar refractivity (Wildman–Crippen MR) is 92.7 cm³/mol. The number of rotatable bonds is 3. The number of nitrogens with zero attached hydrogens (tertiary/aromatic N) is 1. The van der Waals surface area contributed by atoms with E-state index in [2.05, 4.69) is 53.3 Å². The second-order valence-electron chi connectivity index (χ2n) is 5.10. The van der Waals surface area contributed by atoms with Crippen molar-refractivity contribution in [3.63, 3.8) is 0 Å². The van der Waals surface area contributed by atoms with Crippen LogP contribution in [0.2, 0.25) is 0 Å². The number of hydrogen-bond donors (Lipinski definition) is 1. The zero-order valence-electron chi connectivity index (χ0n) is 12.5. The van der Waals surface area contributed by atoms with E-state index < -0.39 is 0 Å². The van der Waals surface area contributed by atoms with E-state index in [9.17, 15) is 4.79 Å². The smallest absolute Gasteiger partial charge is 0.262 e. The lowest BCUT2D eigenvalue weighted by molar-refractivity contribution is -0.642. The maximum Gasteiger partial charge on any atom is 0.262 e. The van der Waals surface area contributed by atoms with Crippen LogP contribution in [0, 0.1) is 0 Å². The molecule has 0 spiro atoms. The van der Waals surface area contributed by atoms with Gasteiger partial charge in [0.25, 0.3) is 5.01 Å². The largest absolute Gasteiger partial charge is 0.326 e. The number of nitrogens with one attached hydrogen (secondary N) is 1. The number of hydrogen-bond acceptors (Lipinski definition) is 2. The Balaban J connectivity index is 1.83. The average Bonchev–Trinajstić information content (AvgIpc) is 2.83. The molecule has 3 aromatic rings. The van der Waals surface area contributed by atoms with E-state index in [1.807, 2.05) is 24.3 Å². The molecule has 2 aromatic carbocycles. The highest BCUT2D eigenvalue weighted by atomic mass is 32.1. The van der Waals surface area contributed by atoms with Crippen molar-refractivity contribution in [3.05, 3.63) is 59.1 Å². The third-order valence-electron chi connectivity index (χ3n) is 3.42. The molecule has 110 valence electrons. The van der Waals surface area contributed by atoms with Crippen molar-refractivity contribution in [1.82, 2.24) is 0 Å². The summed E-state index contributed by atoms with van der Waals surface area (Å²) in [5.74, 6) is -0.0550. The summed E-state index contributed by atoms with van der Waals surface area (Å²) in [7, 11) is 2.08. The van der Waals surface area contributed by atoms with Crippen molar-refractivity contribution in [2.75, 3.05) is 5.32 Å². The summed E-state index contributed by atoms with van der Waals surface area (Å²) in [6, 6.07) is 16.2. The van der Waals surface area contributed by atoms with E-state index in [0.29, 0.717) is 0 Å². The Morgan fingerprint density at radius 2 is 1.82 bits per heavy atom. The highest BCUT2D eigenvalue weighted by Gasteiger charge is 2.13. The molecule has 0 saturated carbocycles. The van der Waals surface area contributed by atoms with Gasteiger partial charge in [0, 0.05) is 24.8 Å². The number of aromatic nitrogens is 1. The minimum absolute atomic E-state index is 0.0550. The first kappa shape index (κ1) is 14.5. The number of para-hydroxylation sites is 1. The lowest BCUT2D eigenvalue weighted by Crippen LogP contribution is -2.28. The van der Waals surface area contributed by atoms with Gasteiger partial charge in [-0.1, -0.05) is 35.6 Å². The zero-order valence-corrected chi connectivity index (χ0v) is 13.4. The maximum atomic E-state index is 11.0. The van der Waals surface area contributed by atoms with Crippen LogP contribution in [0.5, 0.6) is 0 Å². The van der Waals surface area contributed by atoms with Crippen molar-refractivity contribution in [2.45, 2.75) is 6.92 Å². The number of aryl methyl sites for hydroxylation is 1. The molecule has 1 N–H and O–H groups in total. The molecule has 1 amide bonds. The monoisotopic (exact) mass is 309 g/mol. The van der Waals surface area contributed by atoms with E-state index in [0.717, 1.165) is 11.3 Å². The molecule has 1 heterocycles. The summed E-state index contributed by atoms with van der Waals surface area (Å²) < 4.78 is 3.48. The number of fused-ring (bicyclic) bond motifs is 1. The Bertz CT molecular complexity index is 847. The SMILES string of the molecule is CC(=O)Nc1ccc(/C=C/c2sc3ccccc3[n+]2C)cc1. The number of carbonyl (C=O) groups is 1. The fourth-order valence-corrected chi connectivity index (χ4v) is 3.37. The lowest BCUT2D eigenvalue weighted by Gasteiger charge is -2.01. The molecule has 0 aliphatic heterocycles. The standard InChI is InChI=1S/C18H16N2OS/c1-13(21)19-15-10-7-14(8-11-15)9-12-18-20(2)16-5-3-4-6-17(16)22-18/h3-12H,1-2H3/p+1. The molecule has 0 aliphatic rings. The highest BCUT2D eigenvalue weighted by Crippen LogP contribution is 2.21. The first-order valence-electron chi connectivity index (χ1n) is 7.07. The van der Waals surface area contributed by atoms with Crippen LogP contribution in [0.1, 0.15) is 17.5 Å². The van der Waals surface area contributed by atoms with Gasteiger partial charge in [-0.3, -0.25) is 4.79 Å². The molecule has 3 nitrogen and oxygen atoms in total. The minimum Gasteiger partial charge on any atom is -0.326 e. The van der Waals surface area contributed by atoms with Crippen molar-refractivity contribution in [1.29, 1.82) is 0 Å². The molecule has 0 fully saturated rings. The van der Waals surface area contributed by atoms with Crippen LogP contribution < -0.4 is 9.88 Å². The van der Waals surface area contributed by atoms with Crippen LogP contribution in [-0.2, 0) is 11.8 Å². The van der Waals surface area contributed by atoms with Crippen LogP contribution in [-0.4, -0.2) is 5.91 Å². The third-order valence-corrected chi connectivity index (χ3v) is 4.61. The zero-order chi connectivity index (χ0) is 15.5. The van der Waals surface area contributed by atoms with Crippen molar-refractivity contribution >= 4 is 45.3 Å². The van der Waals surface area contributed by atoms with E-state index in [1.54, 1.807) is 11.3 Å². The van der Waals surface area contributed by atoms with Gasteiger partial charge in [-0.25, -0.2) is 0 Å². The quantitative estimate of drug-likeness (QED) is 0.732. The normalized spacial score (nSPS) is 11.2. The van der Waals surface area contributed by atoms with Crippen LogP contribution in [0.25, 0.3) is 22.4 Å². The second-order valence-corrected chi connectivity index (χ2v) is 6.17. The summed E-state index contributed by atoms with van der Waals surface area (Å²) in [5, 5.41) is 3.97. The summed E-state index contributed by atoms with van der Waals surface area (Å²) in [6.45, 7) is 1.51. The van der Waals surface area contributed by atoms with Gasteiger partial charge in [0.2, 0.25) is 11.4 Å². The number of benzene rings is 2. The van der Waals surface area contributed by atoms with Gasteiger partial charge in [0.05, 0.1) is 0 Å². The molecule has 3 rings (SSSR count). The van der Waals surface area contributed by atoms with Crippen molar-refractivity contribution in [2.24, 2.45) is 7.05 Å². The minimum atomic E-state index is -0.0550. The van der Waals surface area contributed by atoms with Crippen molar-refractivity contribution < 1.29 is 9.36 Å². The van der Waals surface area contributed by atoms with E-state index in [1.165, 1.54) is 22.1 Å². The Morgan fingerprint density at radius 1 is 1.09 bits per heavy atom. The molecule has 22 heavy (non-hydrogen) atoms. The predicted octanol–water partition coefficient (Wildman–Crippen LogP) is 3.85. The summed E-state index contributed by atoms with van der Waals surface area (Å²) in [4.78, 5) is 11.0. The Labute approximate surface area is 133 Å². The van der Waals surface area contributed by atoms with Gasteiger partial charge in [-0.15, -0.1) is 0 Å². The first-order valence-corrected chi connectivity index (χ1v) is 7.88. The molecular weight excluding hydrogens is 292 g/mol. The molecule has 0 saturated heterocycles. The van der Waals surface area contributed by atoms with E-state index >= 15 is 0 Å². The van der Waals surface area contributed by atoms with Crippen molar-refractivity contribution in [3.8, 4) is 0 Å². The van der Waals surface area contributed by atoms with Gasteiger partial charge in [0.1, 0.15) is 11.7 Å². The van der Waals surface area contributed by atoms with E-state index in [-0.39, 0.29) is 5.91 Å². The topological polar surface area (TPSA) is 33.0 Å². The van der Waals surface area contributed by atoms with Gasteiger partial charge in [-0.2, -0.15) is 4.57 Å². The third kappa shape index (κ3) is 3.07. The first-order chi connectivity index (χ1) is 10.6. The summed E-state index contributed by atoms with van der Waals surface area (Å²) >= 11 is 1.77. The maximum absolute atomic E-state index is 11.0. The molecule has 1 aromatic heterocycles. The average molecular weight is 309 g/mol. The molecule has 0 atom stereocenters. The number of amides is 1. The fourth-order valence-electron chi connectivity index (χ4n) is 2.31. The van der Waals surface area contributed by atoms with Crippen LogP contribution in [0.4, 0.5) is 5.69 Å². The van der Waals surface area contributed by atoms with E-state index in [4.69, 9.17) is 0 Å². The van der Waals surface area contributed by atoms with Crippen LogP contribution in [0.15, 0.2) is 48.5 Å². The van der Waals surface area contributed by atoms with Crippen LogP contribution >= 0.6 is 11.3 Å². The molecule has 0 unspecified atom stereocenters. The number of anilines is 1. The molecule has 0 aliphatic carbocycles. The Kier molecular flexibility index (Phi) is 4.02. The Hall–Kier alpha value is -2.46. The number of thiazole rings is 1. The number of carbonyl (C=O) groups excluding carboxylic acids is 1. The Morgan fingerprint density at radius 3 is 2.50 bits per heavy atom. The molecule has 4 heteroatoms. The summed E-state index contributed by atoms with van der Waals surface area (Å²) in [5.41, 5.74) is 3.16. The molecule has 0 bridgehead atoms. The van der Waals surface area contributed by atoms with Gasteiger partial charge < -0.3 is 5.32 Å². The fraction of sp³-hybridized carbons (Fsp3) is 0.111. The van der Waals surface area contributed by atoms with Gasteiger partial charge in [0.15, 0.2) is 0 Å². The highest BCUT2D eigenvalue weighted by molar-refractivity contribution is 7.18. The molecular formula is C18H17N2OS+. The lowest BCUT2D eigenvalue weighted by atomic mass is 10.2. The van der Waals surface area contributed by atoms with Crippen LogP contribution in [0.3, 0.4) is 0 Å². The van der Waals surface area contributed by atoms with Gasteiger partial charge >= 0.3 is 0 Å². The van der Waals surface area contributed by atoms with Gasteiger partial charge in [-0.05, 0) is 29.8 Å².